The highest BCUT2D eigenvalue weighted by molar-refractivity contribution is 6.01. The number of ketones is 2. The van der Waals surface area contributed by atoms with Crippen molar-refractivity contribution in [1.29, 1.82) is 0 Å². The molecule has 5 saturated heterocycles. The maximum atomic E-state index is 14.4. The van der Waals surface area contributed by atoms with Crippen molar-refractivity contribution < 1.29 is 138 Å². The van der Waals surface area contributed by atoms with E-state index < -0.39 is 220 Å². The van der Waals surface area contributed by atoms with Crippen molar-refractivity contribution in [3.05, 3.63) is 22.8 Å². The first-order chi connectivity index (χ1) is 43.2. The smallest absolute Gasteiger partial charge is 0.217 e. The standard InChI is InChI=1S/C62H98N2O28/c1-24(2)16-28(70)17-25(3)30-18-31(71)39-29-10-11-37-59(6,7)38(12-13-61(37,9)62(29,82)15-14-60(30,39)8)90-58-52(46(76)36(23-84-58)89-54-40(63-26(4)68)47(77)42(72)32(19-65)85-54)91-55-41(64-27(5)69)48(78)45(75)35(88-55)22-83-57-53(50(80)44(74)34(21-67)87-57)92-56-51(81)49(79)43(73)33(20-66)86-56/h16,25,30,32-38,40-58,65-67,72-82H,10-15,17-23H2,1-9H3,(H,63,68)(H,64,69)/t25-,30-,32-,33-,34-,35-,36+,37+,38+,40-,41-,42+,43+,44+,45-,46+,47-,48-,49+,50+,51-,52-,53+,54+,55+,56+,57+,58+,60-,61+,62-/m1/s1. The van der Waals surface area contributed by atoms with Gasteiger partial charge in [-0.15, -0.1) is 0 Å². The fourth-order valence-corrected chi connectivity index (χ4v) is 16.7. The second-order valence-corrected chi connectivity index (χ2v) is 28.2. The van der Waals surface area contributed by atoms with Gasteiger partial charge in [0.1, 0.15) is 116 Å². The van der Waals surface area contributed by atoms with Gasteiger partial charge in [0.25, 0.3) is 0 Å². The van der Waals surface area contributed by atoms with Gasteiger partial charge in [0.05, 0.1) is 44.7 Å². The van der Waals surface area contributed by atoms with E-state index in [2.05, 4.69) is 24.5 Å². The number of ether oxygens (including phenoxy) is 10. The van der Waals surface area contributed by atoms with Gasteiger partial charge < -0.3 is 129 Å². The number of rotatable bonds is 20. The third kappa shape index (κ3) is 13.7. The molecule has 0 aromatic heterocycles. The number of aliphatic hydroxyl groups is 14. The van der Waals surface area contributed by atoms with Crippen molar-refractivity contribution in [2.45, 2.75) is 273 Å². The summed E-state index contributed by atoms with van der Waals surface area (Å²) in [6, 6.07) is -3.16. The maximum absolute atomic E-state index is 14.4. The summed E-state index contributed by atoms with van der Waals surface area (Å²) in [5.74, 6) is -1.91. The van der Waals surface area contributed by atoms with Crippen LogP contribution in [0.1, 0.15) is 114 Å². The summed E-state index contributed by atoms with van der Waals surface area (Å²) in [6.45, 7) is 12.2. The molecular weight excluding hydrogens is 1220 g/mol. The highest BCUT2D eigenvalue weighted by Crippen LogP contribution is 2.69. The molecule has 5 aliphatic heterocycles. The van der Waals surface area contributed by atoms with E-state index in [0.29, 0.717) is 44.1 Å². The Labute approximate surface area is 533 Å². The summed E-state index contributed by atoms with van der Waals surface area (Å²) >= 11 is 0. The molecule has 0 bridgehead atoms. The Kier molecular flexibility index (Phi) is 22.8. The molecular formula is C62H98N2O28. The third-order valence-electron chi connectivity index (χ3n) is 21.6. The molecule has 3 saturated carbocycles. The fourth-order valence-electron chi connectivity index (χ4n) is 16.7. The van der Waals surface area contributed by atoms with Crippen LogP contribution in [0.25, 0.3) is 0 Å². The van der Waals surface area contributed by atoms with Crippen molar-refractivity contribution in [1.82, 2.24) is 10.6 Å². The van der Waals surface area contributed by atoms with Crippen LogP contribution in [0.15, 0.2) is 22.8 Å². The Morgan fingerprint density at radius 3 is 1.72 bits per heavy atom. The fraction of sp³-hybridized carbons (Fsp3) is 0.871. The lowest BCUT2D eigenvalue weighted by atomic mass is 9.42. The minimum atomic E-state index is -2.01. The van der Waals surface area contributed by atoms with Crippen molar-refractivity contribution in [3.63, 3.8) is 0 Å². The normalized spacial score (nSPS) is 47.3. The zero-order chi connectivity index (χ0) is 67.6. The van der Waals surface area contributed by atoms with E-state index in [4.69, 9.17) is 47.4 Å². The van der Waals surface area contributed by atoms with E-state index in [1.807, 2.05) is 34.6 Å². The molecule has 0 radical (unpaired) electrons. The predicted molar refractivity (Wildman–Crippen MR) is 311 cm³/mol. The van der Waals surface area contributed by atoms with E-state index in [0.717, 1.165) is 25.0 Å². The molecule has 0 spiro atoms. The number of hydrogen-bond acceptors (Lipinski definition) is 28. The van der Waals surface area contributed by atoms with Crippen LogP contribution in [-0.4, -0.2) is 287 Å². The molecule has 524 valence electrons. The molecule has 2 amide bonds. The number of carbonyl (C=O) groups excluding carboxylic acids is 4. The number of amides is 2. The van der Waals surface area contributed by atoms with Gasteiger partial charge in [0.15, 0.2) is 43.0 Å². The van der Waals surface area contributed by atoms with E-state index in [1.165, 1.54) is 0 Å². The molecule has 9 aliphatic rings. The second-order valence-electron chi connectivity index (χ2n) is 28.2. The SMILES string of the molecule is CC(=O)N[C@H]1[C@H](O[C@H]2CO[C@@H](O[C@H]3CC[C@@]4(C)[C@@H](CCC5=C6C(=O)C[C@H]([C@H](C)CC(=O)C=C(C)C)[C@@]6(C)CC[C@@]54O)C3(C)C)[C@H](O[C@@H]3O[C@H](CO[C@H]4O[C@H](CO)[C@H](O)[C@H](O)[C@@H]4O[C@@H]4O[C@H](CO)[C@H](O)[C@H](O)[C@H]4O)[C@@H](O)[C@H](O)[C@H]3NC(C)=O)[C@H]2O)O[C@H](CO)[C@H](O)[C@@H]1O. The van der Waals surface area contributed by atoms with Gasteiger partial charge in [0.2, 0.25) is 11.8 Å². The molecule has 9 rings (SSSR count). The number of Topliss-reactive ketones (excluding diaryl/α,β-unsaturated/α-hetero) is 1. The van der Waals surface area contributed by atoms with Crippen LogP contribution < -0.4 is 10.6 Å². The lowest BCUT2D eigenvalue weighted by Crippen LogP contribution is -2.69. The number of fused-ring (bicyclic) bond motifs is 4. The molecule has 0 aromatic carbocycles. The Morgan fingerprint density at radius 2 is 1.13 bits per heavy atom. The average Bonchev–Trinajstić information content (AvgIpc) is 0.905. The van der Waals surface area contributed by atoms with E-state index in [1.54, 1.807) is 6.08 Å². The summed E-state index contributed by atoms with van der Waals surface area (Å²) in [5, 5.41) is 161. The van der Waals surface area contributed by atoms with Crippen LogP contribution >= 0.6 is 0 Å². The first kappa shape index (κ1) is 73.1. The second kappa shape index (κ2) is 28.7. The summed E-state index contributed by atoms with van der Waals surface area (Å²) in [5.41, 5.74) is -1.27. The van der Waals surface area contributed by atoms with Crippen molar-refractivity contribution in [3.8, 4) is 0 Å². The largest absolute Gasteiger partial charge is 0.394 e. The number of nitrogens with one attached hydrogen (secondary N) is 2. The number of carbonyl (C=O) groups is 4. The topological polar surface area (TPSA) is 468 Å². The van der Waals surface area contributed by atoms with E-state index >= 15 is 0 Å². The van der Waals surface area contributed by atoms with Gasteiger partial charge in [-0.25, -0.2) is 0 Å². The number of hydrogen-bond donors (Lipinski definition) is 16. The molecule has 5 heterocycles. The van der Waals surface area contributed by atoms with Gasteiger partial charge in [-0.2, -0.15) is 0 Å². The highest BCUT2D eigenvalue weighted by atomic mass is 16.8. The molecule has 0 unspecified atom stereocenters. The van der Waals surface area contributed by atoms with E-state index in [9.17, 15) is 90.7 Å². The molecule has 30 nitrogen and oxygen atoms in total. The highest BCUT2D eigenvalue weighted by Gasteiger charge is 2.68. The zero-order valence-electron chi connectivity index (χ0n) is 53.4. The molecule has 31 atom stereocenters. The first-order valence-electron chi connectivity index (χ1n) is 32.0. The minimum absolute atomic E-state index is 0.00316. The summed E-state index contributed by atoms with van der Waals surface area (Å²) in [7, 11) is 0. The predicted octanol–water partition coefficient (Wildman–Crippen LogP) is -4.39. The van der Waals surface area contributed by atoms with Gasteiger partial charge >= 0.3 is 0 Å². The van der Waals surface area contributed by atoms with Crippen LogP contribution in [0.5, 0.6) is 0 Å². The van der Waals surface area contributed by atoms with Gasteiger partial charge in [-0.05, 0) is 92.6 Å². The van der Waals surface area contributed by atoms with Crippen LogP contribution in [0.2, 0.25) is 0 Å². The van der Waals surface area contributed by atoms with Crippen LogP contribution in [0.4, 0.5) is 0 Å². The maximum Gasteiger partial charge on any atom is 0.217 e. The number of allylic oxidation sites excluding steroid dienone is 3. The zero-order valence-corrected chi connectivity index (χ0v) is 53.4. The third-order valence-corrected chi connectivity index (χ3v) is 21.6. The van der Waals surface area contributed by atoms with Crippen molar-refractivity contribution in [2.24, 2.45) is 34.0 Å². The van der Waals surface area contributed by atoms with Crippen LogP contribution in [-0.2, 0) is 66.5 Å². The molecule has 0 aromatic rings. The molecule has 8 fully saturated rings. The van der Waals surface area contributed by atoms with Gasteiger partial charge in [-0.3, -0.25) is 19.2 Å². The quantitative estimate of drug-likeness (QED) is 0.0404. The Balaban J connectivity index is 1.00. The monoisotopic (exact) mass is 1320 g/mol. The number of aliphatic hydroxyl groups excluding tert-OH is 13. The average molecular weight is 1320 g/mol. The molecule has 92 heavy (non-hydrogen) atoms. The van der Waals surface area contributed by atoms with Crippen molar-refractivity contribution in [2.75, 3.05) is 33.0 Å². The first-order valence-corrected chi connectivity index (χ1v) is 32.0. The summed E-state index contributed by atoms with van der Waals surface area (Å²) < 4.78 is 61.5. The van der Waals surface area contributed by atoms with Gasteiger partial charge in [-0.1, -0.05) is 40.2 Å². The summed E-state index contributed by atoms with van der Waals surface area (Å²) in [6.07, 6.45) is -35.3. The van der Waals surface area contributed by atoms with Crippen LogP contribution in [0, 0.1) is 34.0 Å². The Morgan fingerprint density at radius 1 is 0.609 bits per heavy atom. The van der Waals surface area contributed by atoms with E-state index in [-0.39, 0.29) is 42.2 Å². The van der Waals surface area contributed by atoms with Crippen LogP contribution in [0.3, 0.4) is 0 Å². The minimum Gasteiger partial charge on any atom is -0.394 e. The molecule has 30 heteroatoms. The molecule has 4 aliphatic carbocycles. The lowest BCUT2D eigenvalue weighted by Gasteiger charge is -2.65. The lowest BCUT2D eigenvalue weighted by molar-refractivity contribution is -0.380. The van der Waals surface area contributed by atoms with Crippen molar-refractivity contribution >= 4 is 23.4 Å². The summed E-state index contributed by atoms with van der Waals surface area (Å²) in [4.78, 5) is 52.8. The molecule has 16 N–H and O–H groups in total. The van der Waals surface area contributed by atoms with Gasteiger partial charge in [0, 0.05) is 37.7 Å². The Hall–Kier alpha value is -3.20. The Bertz CT molecular complexity index is 2680.